The van der Waals surface area contributed by atoms with Crippen molar-refractivity contribution in [2.45, 2.75) is 19.4 Å². The van der Waals surface area contributed by atoms with Crippen LogP contribution < -0.4 is 18.9 Å². The zero-order valence-electron chi connectivity index (χ0n) is 12.7. The van der Waals surface area contributed by atoms with Crippen LogP contribution in [0.4, 0.5) is 0 Å². The molecule has 0 spiro atoms. The molecular weight excluding hydrogens is 296 g/mol. The highest BCUT2D eigenvalue weighted by atomic mass is 16.7. The van der Waals surface area contributed by atoms with Crippen molar-refractivity contribution in [3.63, 3.8) is 0 Å². The third kappa shape index (κ3) is 3.19. The molecule has 2 aromatic carbocycles. The van der Waals surface area contributed by atoms with E-state index in [0.29, 0.717) is 26.8 Å². The van der Waals surface area contributed by atoms with Crippen molar-refractivity contribution in [1.82, 2.24) is 0 Å². The number of ether oxygens (including phenoxy) is 5. The van der Waals surface area contributed by atoms with Gasteiger partial charge in [0, 0.05) is 6.61 Å². The smallest absolute Gasteiger partial charge is 0.231 e. The number of rotatable bonds is 6. The van der Waals surface area contributed by atoms with Gasteiger partial charge < -0.3 is 23.7 Å². The Balaban J connectivity index is 1.22. The molecule has 0 aliphatic carbocycles. The lowest BCUT2D eigenvalue weighted by Crippen LogP contribution is -1.98. The van der Waals surface area contributed by atoms with Gasteiger partial charge in [0.25, 0.3) is 0 Å². The first-order chi connectivity index (χ1) is 11.4. The summed E-state index contributed by atoms with van der Waals surface area (Å²) in [6.45, 7) is 1.91. The zero-order valence-corrected chi connectivity index (χ0v) is 12.7. The molecule has 0 saturated carbocycles. The van der Waals surface area contributed by atoms with Gasteiger partial charge in [0.2, 0.25) is 13.6 Å². The summed E-state index contributed by atoms with van der Waals surface area (Å²) in [6.07, 6.45) is 1.92. The summed E-state index contributed by atoms with van der Waals surface area (Å²) >= 11 is 0. The minimum absolute atomic E-state index is 0.301. The lowest BCUT2D eigenvalue weighted by atomic mass is 10.1. The first-order valence-corrected chi connectivity index (χ1v) is 7.73. The van der Waals surface area contributed by atoms with Gasteiger partial charge in [-0.15, -0.1) is 0 Å². The van der Waals surface area contributed by atoms with Gasteiger partial charge in [-0.25, -0.2) is 0 Å². The summed E-state index contributed by atoms with van der Waals surface area (Å²) < 4.78 is 27.1. The molecule has 2 heterocycles. The molecule has 2 aromatic rings. The molecule has 0 unspecified atom stereocenters. The molecule has 0 N–H and O–H groups in total. The summed E-state index contributed by atoms with van der Waals surface area (Å²) in [5.41, 5.74) is 2.33. The van der Waals surface area contributed by atoms with E-state index in [4.69, 9.17) is 23.7 Å². The van der Waals surface area contributed by atoms with Crippen LogP contribution in [0.15, 0.2) is 36.4 Å². The van der Waals surface area contributed by atoms with E-state index in [1.165, 1.54) is 5.56 Å². The molecular formula is C18H18O5. The third-order valence-corrected chi connectivity index (χ3v) is 3.90. The van der Waals surface area contributed by atoms with Crippen molar-refractivity contribution in [1.29, 1.82) is 0 Å². The predicted molar refractivity (Wildman–Crippen MR) is 83.1 cm³/mol. The predicted octanol–water partition coefficient (Wildman–Crippen LogP) is 3.29. The minimum atomic E-state index is 0.301. The summed E-state index contributed by atoms with van der Waals surface area (Å²) in [7, 11) is 0. The van der Waals surface area contributed by atoms with E-state index in [2.05, 4.69) is 6.07 Å². The van der Waals surface area contributed by atoms with Gasteiger partial charge in [-0.2, -0.15) is 0 Å². The molecule has 0 fully saturated rings. The number of benzene rings is 2. The molecule has 0 amide bonds. The monoisotopic (exact) mass is 314 g/mol. The Labute approximate surface area is 134 Å². The lowest BCUT2D eigenvalue weighted by Gasteiger charge is -2.06. The summed E-state index contributed by atoms with van der Waals surface area (Å²) in [5.74, 6) is 3.26. The van der Waals surface area contributed by atoms with Crippen molar-refractivity contribution in [2.75, 3.05) is 20.2 Å². The maximum Gasteiger partial charge on any atom is 0.231 e. The molecule has 0 radical (unpaired) electrons. The van der Waals surface area contributed by atoms with E-state index in [1.54, 1.807) is 0 Å². The van der Waals surface area contributed by atoms with Gasteiger partial charge in [0.05, 0.1) is 6.61 Å². The van der Waals surface area contributed by atoms with Crippen LogP contribution in [0.3, 0.4) is 0 Å². The summed E-state index contributed by atoms with van der Waals surface area (Å²) in [5, 5.41) is 0. The summed E-state index contributed by atoms with van der Waals surface area (Å²) in [4.78, 5) is 0. The molecule has 0 atom stereocenters. The molecule has 4 rings (SSSR count). The largest absolute Gasteiger partial charge is 0.454 e. The number of aryl methyl sites for hydroxylation is 1. The second-order valence-corrected chi connectivity index (χ2v) is 5.53. The highest BCUT2D eigenvalue weighted by molar-refractivity contribution is 5.45. The Kier molecular flexibility index (Phi) is 3.94. The first-order valence-electron chi connectivity index (χ1n) is 7.73. The van der Waals surface area contributed by atoms with E-state index in [1.807, 2.05) is 30.3 Å². The molecule has 120 valence electrons. The van der Waals surface area contributed by atoms with E-state index >= 15 is 0 Å². The maximum atomic E-state index is 5.74. The van der Waals surface area contributed by atoms with Crippen LogP contribution in [0.25, 0.3) is 0 Å². The lowest BCUT2D eigenvalue weighted by molar-refractivity contribution is 0.118. The normalized spacial score (nSPS) is 14.3. The van der Waals surface area contributed by atoms with Crippen molar-refractivity contribution >= 4 is 0 Å². The molecule has 5 heteroatoms. The highest BCUT2D eigenvalue weighted by Gasteiger charge is 2.14. The van der Waals surface area contributed by atoms with Crippen molar-refractivity contribution in [3.8, 4) is 23.0 Å². The van der Waals surface area contributed by atoms with Gasteiger partial charge in [0.15, 0.2) is 23.0 Å². The minimum Gasteiger partial charge on any atom is -0.454 e. The second-order valence-electron chi connectivity index (χ2n) is 5.53. The Morgan fingerprint density at radius 3 is 2.09 bits per heavy atom. The topological polar surface area (TPSA) is 46.2 Å². The fraction of sp³-hybridized carbons (Fsp3) is 0.333. The number of fused-ring (bicyclic) bond motifs is 2. The van der Waals surface area contributed by atoms with Crippen LogP contribution in [0, 0.1) is 0 Å². The average molecular weight is 314 g/mol. The van der Waals surface area contributed by atoms with E-state index in [0.717, 1.165) is 41.4 Å². The molecule has 23 heavy (non-hydrogen) atoms. The van der Waals surface area contributed by atoms with Gasteiger partial charge >= 0.3 is 0 Å². The fourth-order valence-electron chi connectivity index (χ4n) is 2.70. The Hall–Kier alpha value is -2.40. The van der Waals surface area contributed by atoms with Crippen LogP contribution >= 0.6 is 0 Å². The fourth-order valence-corrected chi connectivity index (χ4v) is 2.70. The average Bonchev–Trinajstić information content (AvgIpc) is 3.22. The Morgan fingerprint density at radius 1 is 0.739 bits per heavy atom. The number of hydrogen-bond donors (Lipinski definition) is 0. The molecule has 2 aliphatic heterocycles. The van der Waals surface area contributed by atoms with Crippen molar-refractivity contribution in [2.24, 2.45) is 0 Å². The van der Waals surface area contributed by atoms with E-state index in [9.17, 15) is 0 Å². The Bertz CT molecular complexity index is 638. The van der Waals surface area contributed by atoms with Crippen LogP contribution in [-0.4, -0.2) is 20.2 Å². The van der Waals surface area contributed by atoms with Gasteiger partial charge in [-0.05, 0) is 48.2 Å². The SMILES string of the molecule is c1cc2c(cc1CCCOCc1ccc3c(c1)OCO3)OCO2. The first kappa shape index (κ1) is 14.2. The van der Waals surface area contributed by atoms with Crippen LogP contribution in [-0.2, 0) is 17.8 Å². The van der Waals surface area contributed by atoms with Crippen molar-refractivity contribution < 1.29 is 23.7 Å². The van der Waals surface area contributed by atoms with Crippen molar-refractivity contribution in [3.05, 3.63) is 47.5 Å². The van der Waals surface area contributed by atoms with E-state index < -0.39 is 0 Å². The molecule has 0 saturated heterocycles. The van der Waals surface area contributed by atoms with E-state index in [-0.39, 0.29) is 0 Å². The van der Waals surface area contributed by atoms with Crippen LogP contribution in [0.2, 0.25) is 0 Å². The second kappa shape index (κ2) is 6.38. The van der Waals surface area contributed by atoms with Crippen LogP contribution in [0.1, 0.15) is 17.5 Å². The molecule has 5 nitrogen and oxygen atoms in total. The van der Waals surface area contributed by atoms with Gasteiger partial charge in [-0.1, -0.05) is 12.1 Å². The molecule has 2 aliphatic rings. The summed E-state index contributed by atoms with van der Waals surface area (Å²) in [6, 6.07) is 12.0. The number of hydrogen-bond acceptors (Lipinski definition) is 5. The van der Waals surface area contributed by atoms with Gasteiger partial charge in [-0.3, -0.25) is 0 Å². The van der Waals surface area contributed by atoms with Crippen LogP contribution in [0.5, 0.6) is 23.0 Å². The zero-order chi connectivity index (χ0) is 15.5. The third-order valence-electron chi connectivity index (χ3n) is 3.90. The standard InChI is InChI=1S/C18H18O5/c1(2-13-3-5-15-17(8-13)22-11-20-15)7-19-10-14-4-6-16-18(9-14)23-12-21-16/h3-6,8-9H,1-2,7,10-12H2. The maximum absolute atomic E-state index is 5.74. The highest BCUT2D eigenvalue weighted by Crippen LogP contribution is 2.33. The molecule has 0 bridgehead atoms. The Morgan fingerprint density at radius 2 is 1.35 bits per heavy atom. The molecule has 0 aromatic heterocycles. The quantitative estimate of drug-likeness (QED) is 0.766. The van der Waals surface area contributed by atoms with Gasteiger partial charge in [0.1, 0.15) is 0 Å².